The number of hydrogen-bond donors (Lipinski definition) is 3. The molecule has 0 bridgehead atoms. The number of phenolic OH excluding ortho intramolecular Hbond substituents is 1. The Hall–Kier alpha value is -2.37. The number of sulfonamides is 1. The molecule has 1 aliphatic heterocycles. The quantitative estimate of drug-likeness (QED) is 0.367. The molecule has 2 aliphatic rings. The number of aliphatic hydroxyl groups is 1. The largest absolute Gasteiger partial charge is 0.506 e. The Kier molecular flexibility index (Phi) is 9.77. The van der Waals surface area contributed by atoms with Crippen LogP contribution in [0.5, 0.6) is 5.75 Å². The summed E-state index contributed by atoms with van der Waals surface area (Å²) in [7, 11) is -4.10. The molecule has 2 aromatic carbocycles. The number of benzene rings is 2. The smallest absolute Gasteiger partial charge is 0.407 e. The number of amides is 1. The van der Waals surface area contributed by atoms with Gasteiger partial charge in [0.1, 0.15) is 11.9 Å². The lowest BCUT2D eigenvalue weighted by molar-refractivity contribution is 0.0554. The van der Waals surface area contributed by atoms with Crippen molar-refractivity contribution >= 4 is 27.7 Å². The van der Waals surface area contributed by atoms with Gasteiger partial charge in [0.15, 0.2) is 0 Å². The third-order valence-electron chi connectivity index (χ3n) is 7.26. The highest BCUT2D eigenvalue weighted by Gasteiger charge is 2.40. The van der Waals surface area contributed by atoms with Gasteiger partial charge in [-0.1, -0.05) is 55.8 Å². The molecule has 214 valence electrons. The van der Waals surface area contributed by atoms with Crippen molar-refractivity contribution in [2.75, 3.05) is 19.7 Å². The third-order valence-corrected chi connectivity index (χ3v) is 9.41. The number of halogens is 1. The van der Waals surface area contributed by atoms with E-state index in [0.29, 0.717) is 12.3 Å². The maximum atomic E-state index is 13.5. The fourth-order valence-corrected chi connectivity index (χ4v) is 7.08. The number of alkyl carbamates (subject to hydrolysis) is 1. The van der Waals surface area contributed by atoms with Crippen LogP contribution >= 0.6 is 11.6 Å². The normalized spacial score (nSPS) is 22.6. The van der Waals surface area contributed by atoms with E-state index in [4.69, 9.17) is 21.1 Å². The van der Waals surface area contributed by atoms with Crippen molar-refractivity contribution < 1.29 is 32.9 Å². The molecular weight excluding hydrogens is 544 g/mol. The Balaban J connectivity index is 1.50. The van der Waals surface area contributed by atoms with Crippen molar-refractivity contribution in [1.29, 1.82) is 0 Å². The van der Waals surface area contributed by atoms with Gasteiger partial charge in [-0.3, -0.25) is 0 Å². The van der Waals surface area contributed by atoms with Crippen molar-refractivity contribution in [2.24, 2.45) is 11.8 Å². The molecule has 1 saturated heterocycles. The minimum atomic E-state index is -4.10. The van der Waals surface area contributed by atoms with Crippen molar-refractivity contribution in [1.82, 2.24) is 9.62 Å². The molecule has 0 spiro atoms. The molecule has 9 nitrogen and oxygen atoms in total. The lowest BCUT2D eigenvalue weighted by Gasteiger charge is -2.31. The van der Waals surface area contributed by atoms with E-state index in [0.717, 1.165) is 31.1 Å². The van der Waals surface area contributed by atoms with Crippen LogP contribution in [0.15, 0.2) is 53.4 Å². The van der Waals surface area contributed by atoms with Crippen molar-refractivity contribution in [3.63, 3.8) is 0 Å². The molecule has 2 unspecified atom stereocenters. The van der Waals surface area contributed by atoms with Gasteiger partial charge in [-0.05, 0) is 48.8 Å². The van der Waals surface area contributed by atoms with E-state index in [9.17, 15) is 23.4 Å². The van der Waals surface area contributed by atoms with Gasteiger partial charge in [0.2, 0.25) is 10.0 Å². The number of nitrogens with one attached hydrogen (secondary N) is 1. The highest BCUT2D eigenvalue weighted by atomic mass is 35.5. The molecule has 1 amide bonds. The van der Waals surface area contributed by atoms with Crippen LogP contribution in [0.1, 0.15) is 38.7 Å². The predicted molar refractivity (Wildman–Crippen MR) is 147 cm³/mol. The first-order chi connectivity index (χ1) is 18.5. The van der Waals surface area contributed by atoms with Gasteiger partial charge in [0.05, 0.1) is 28.2 Å². The van der Waals surface area contributed by atoms with E-state index in [1.807, 2.05) is 44.2 Å². The van der Waals surface area contributed by atoms with Crippen molar-refractivity contribution in [3.05, 3.63) is 59.1 Å². The maximum Gasteiger partial charge on any atom is 0.407 e. The van der Waals surface area contributed by atoms with Crippen LogP contribution in [0.3, 0.4) is 0 Å². The Morgan fingerprint density at radius 3 is 2.59 bits per heavy atom. The second-order valence-corrected chi connectivity index (χ2v) is 13.1. The summed E-state index contributed by atoms with van der Waals surface area (Å²) in [6, 6.07) is 12.2. The van der Waals surface area contributed by atoms with Crippen LogP contribution in [0, 0.1) is 11.8 Å². The molecule has 0 radical (unpaired) electrons. The summed E-state index contributed by atoms with van der Waals surface area (Å²) in [5, 5.41) is 24.2. The molecule has 39 heavy (non-hydrogen) atoms. The predicted octanol–water partition coefficient (Wildman–Crippen LogP) is 3.96. The summed E-state index contributed by atoms with van der Waals surface area (Å²) in [6.07, 6.45) is 0.595. The first-order valence-corrected chi connectivity index (χ1v) is 15.1. The second-order valence-electron chi connectivity index (χ2n) is 10.8. The molecule has 1 heterocycles. The van der Waals surface area contributed by atoms with Crippen LogP contribution in [-0.2, 0) is 25.9 Å². The lowest BCUT2D eigenvalue weighted by atomic mass is 10.0. The summed E-state index contributed by atoms with van der Waals surface area (Å²) in [5.41, 5.74) is 0.867. The summed E-state index contributed by atoms with van der Waals surface area (Å²) < 4.78 is 39.6. The number of aliphatic hydroxyl groups excluding tert-OH is 1. The van der Waals surface area contributed by atoms with E-state index < -0.39 is 28.3 Å². The zero-order valence-corrected chi connectivity index (χ0v) is 23.8. The van der Waals surface area contributed by atoms with Gasteiger partial charge in [-0.25, -0.2) is 13.2 Å². The molecule has 1 saturated carbocycles. The average Bonchev–Trinajstić information content (AvgIpc) is 3.47. The highest BCUT2D eigenvalue weighted by molar-refractivity contribution is 7.89. The molecular formula is C28H37ClN2O7S. The molecule has 0 aromatic heterocycles. The molecule has 2 aromatic rings. The molecule has 5 atom stereocenters. The van der Waals surface area contributed by atoms with E-state index in [-0.39, 0.29) is 53.3 Å². The third kappa shape index (κ3) is 7.64. The zero-order chi connectivity index (χ0) is 28.2. The zero-order valence-electron chi connectivity index (χ0n) is 22.2. The first kappa shape index (κ1) is 29.6. The van der Waals surface area contributed by atoms with E-state index in [1.54, 1.807) is 0 Å². The molecule has 11 heteroatoms. The Labute approximate surface area is 235 Å². The number of aromatic hydroxyl groups is 1. The Morgan fingerprint density at radius 1 is 1.18 bits per heavy atom. The van der Waals surface area contributed by atoms with Gasteiger partial charge in [-0.15, -0.1) is 0 Å². The van der Waals surface area contributed by atoms with Crippen LogP contribution in [0.2, 0.25) is 5.02 Å². The number of phenols is 1. The second kappa shape index (κ2) is 12.9. The number of nitrogens with zero attached hydrogens (tertiary/aromatic N) is 1. The average molecular weight is 581 g/mol. The van der Waals surface area contributed by atoms with E-state index in [1.165, 1.54) is 16.4 Å². The molecule has 2 fully saturated rings. The lowest BCUT2D eigenvalue weighted by Crippen LogP contribution is -2.51. The number of rotatable bonds is 11. The summed E-state index contributed by atoms with van der Waals surface area (Å²) in [4.78, 5) is 12.8. The fourth-order valence-electron chi connectivity index (χ4n) is 5.32. The number of carbonyl (C=O) groups excluding carboxylic acids is 1. The van der Waals surface area contributed by atoms with Crippen LogP contribution < -0.4 is 5.32 Å². The topological polar surface area (TPSA) is 125 Å². The molecule has 3 N–H and O–H groups in total. The number of carbonyl (C=O) groups is 1. The van der Waals surface area contributed by atoms with Gasteiger partial charge in [0.25, 0.3) is 0 Å². The minimum absolute atomic E-state index is 0.0347. The summed E-state index contributed by atoms with van der Waals surface area (Å²) in [5.74, 6) is -0.00591. The van der Waals surface area contributed by atoms with Gasteiger partial charge in [-0.2, -0.15) is 4.31 Å². The first-order valence-electron chi connectivity index (χ1n) is 13.3. The van der Waals surface area contributed by atoms with Gasteiger partial charge in [0, 0.05) is 32.2 Å². The van der Waals surface area contributed by atoms with E-state index >= 15 is 0 Å². The summed E-state index contributed by atoms with van der Waals surface area (Å²) in [6.45, 7) is 4.32. The van der Waals surface area contributed by atoms with E-state index in [2.05, 4.69) is 5.32 Å². The maximum absolute atomic E-state index is 13.5. The van der Waals surface area contributed by atoms with Crippen LogP contribution in [0.25, 0.3) is 0 Å². The number of fused-ring (bicyclic) bond motifs is 1. The minimum Gasteiger partial charge on any atom is -0.506 e. The van der Waals surface area contributed by atoms with Crippen LogP contribution in [0.4, 0.5) is 4.79 Å². The number of hydrogen-bond acceptors (Lipinski definition) is 7. The monoisotopic (exact) mass is 580 g/mol. The van der Waals surface area contributed by atoms with Gasteiger partial charge >= 0.3 is 6.09 Å². The standard InChI is InChI=1S/C28H37ClN2O7S/c1-18(2)16-31(39(35,36)22-8-9-23(29)25(32)15-22)17-26(33)24(12-19-6-4-3-5-7-19)30-28(34)38-21-13-20-10-11-37-27(20)14-21/h3-9,15,18,20-21,24,26-27,32-33H,10-14,16-17H2,1-2H3,(H,30,34)/t20?,21?,24-,26+,27+/m0/s1. The van der Waals surface area contributed by atoms with Crippen LogP contribution in [-0.4, -0.2) is 73.1 Å². The SMILES string of the molecule is CC(C)CN(C[C@@H](O)[C@H](Cc1ccccc1)NC(=O)OC1CC2CCO[C@@H]2C1)S(=O)(=O)c1ccc(Cl)c(O)c1. The van der Waals surface area contributed by atoms with Gasteiger partial charge < -0.3 is 25.0 Å². The summed E-state index contributed by atoms with van der Waals surface area (Å²) >= 11 is 5.88. The number of ether oxygens (including phenoxy) is 2. The molecule has 4 rings (SSSR count). The fraction of sp³-hybridized carbons (Fsp3) is 0.536. The van der Waals surface area contributed by atoms with Crippen molar-refractivity contribution in [3.8, 4) is 5.75 Å². The van der Waals surface area contributed by atoms with Crippen molar-refractivity contribution in [2.45, 2.75) is 68.8 Å². The highest BCUT2D eigenvalue weighted by Crippen LogP contribution is 2.37. The Morgan fingerprint density at radius 2 is 1.92 bits per heavy atom. The Bertz CT molecular complexity index is 1220. The molecule has 1 aliphatic carbocycles.